The summed E-state index contributed by atoms with van der Waals surface area (Å²) in [6, 6.07) is 8.09. The molecule has 1 aromatic carbocycles. The van der Waals surface area contributed by atoms with Crippen LogP contribution in [0.4, 0.5) is 4.39 Å². The number of alkyl halides is 1. The third-order valence-electron chi connectivity index (χ3n) is 2.18. The van der Waals surface area contributed by atoms with E-state index in [1.165, 1.54) is 6.07 Å². The molecular formula is C12H8Cl2FN. The van der Waals surface area contributed by atoms with Crippen molar-refractivity contribution in [3.05, 3.63) is 52.9 Å². The van der Waals surface area contributed by atoms with Gasteiger partial charge in [-0.15, -0.1) is 11.6 Å². The predicted molar refractivity (Wildman–Crippen MR) is 64.2 cm³/mol. The van der Waals surface area contributed by atoms with Gasteiger partial charge in [-0.25, -0.2) is 4.39 Å². The lowest BCUT2D eigenvalue weighted by atomic mass is 10.1. The van der Waals surface area contributed by atoms with Crippen LogP contribution in [-0.4, -0.2) is 4.98 Å². The van der Waals surface area contributed by atoms with E-state index in [-0.39, 0.29) is 5.82 Å². The third kappa shape index (κ3) is 2.18. The summed E-state index contributed by atoms with van der Waals surface area (Å²) < 4.78 is 13.5. The minimum atomic E-state index is -0.337. The molecule has 2 rings (SSSR count). The van der Waals surface area contributed by atoms with Crippen molar-refractivity contribution in [3.63, 3.8) is 0 Å². The summed E-state index contributed by atoms with van der Waals surface area (Å²) in [6.45, 7) is 0. The maximum absolute atomic E-state index is 13.5. The zero-order chi connectivity index (χ0) is 11.5. The highest BCUT2D eigenvalue weighted by Crippen LogP contribution is 2.28. The average Bonchev–Trinajstić information content (AvgIpc) is 2.30. The summed E-state index contributed by atoms with van der Waals surface area (Å²) in [7, 11) is 0. The SMILES string of the molecule is Fc1ccccc1-c1ncc(CCl)cc1Cl. The maximum Gasteiger partial charge on any atom is 0.132 e. The second kappa shape index (κ2) is 4.81. The number of halogens is 3. The molecule has 0 atom stereocenters. The van der Waals surface area contributed by atoms with Gasteiger partial charge in [0.1, 0.15) is 5.82 Å². The van der Waals surface area contributed by atoms with Crippen molar-refractivity contribution >= 4 is 23.2 Å². The van der Waals surface area contributed by atoms with Crippen molar-refractivity contribution in [1.82, 2.24) is 4.98 Å². The molecule has 0 N–H and O–H groups in total. The van der Waals surface area contributed by atoms with Gasteiger partial charge in [-0.2, -0.15) is 0 Å². The van der Waals surface area contributed by atoms with Crippen LogP contribution in [0.15, 0.2) is 36.5 Å². The molecule has 0 saturated carbocycles. The van der Waals surface area contributed by atoms with Crippen LogP contribution in [-0.2, 0) is 5.88 Å². The quantitative estimate of drug-likeness (QED) is 0.731. The number of aromatic nitrogens is 1. The minimum Gasteiger partial charge on any atom is -0.254 e. The molecule has 1 heterocycles. The van der Waals surface area contributed by atoms with Crippen molar-refractivity contribution in [2.24, 2.45) is 0 Å². The number of benzene rings is 1. The highest BCUT2D eigenvalue weighted by molar-refractivity contribution is 6.33. The Labute approximate surface area is 103 Å². The highest BCUT2D eigenvalue weighted by atomic mass is 35.5. The summed E-state index contributed by atoms with van der Waals surface area (Å²) in [5.41, 5.74) is 1.65. The van der Waals surface area contributed by atoms with Gasteiger partial charge in [-0.05, 0) is 23.8 Å². The van der Waals surface area contributed by atoms with Gasteiger partial charge in [0.15, 0.2) is 0 Å². The monoisotopic (exact) mass is 255 g/mol. The average molecular weight is 256 g/mol. The molecular weight excluding hydrogens is 248 g/mol. The van der Waals surface area contributed by atoms with E-state index in [2.05, 4.69) is 4.98 Å². The van der Waals surface area contributed by atoms with Gasteiger partial charge in [-0.1, -0.05) is 23.7 Å². The minimum absolute atomic E-state index is 0.337. The van der Waals surface area contributed by atoms with Crippen LogP contribution in [0.2, 0.25) is 5.02 Å². The number of hydrogen-bond acceptors (Lipinski definition) is 1. The van der Waals surface area contributed by atoms with E-state index in [1.54, 1.807) is 30.5 Å². The lowest BCUT2D eigenvalue weighted by Crippen LogP contribution is -1.90. The lowest BCUT2D eigenvalue weighted by Gasteiger charge is -2.05. The molecule has 0 amide bonds. The fourth-order valence-electron chi connectivity index (χ4n) is 1.40. The molecule has 0 radical (unpaired) electrons. The molecule has 4 heteroatoms. The van der Waals surface area contributed by atoms with Gasteiger partial charge in [-0.3, -0.25) is 4.98 Å². The summed E-state index contributed by atoms with van der Waals surface area (Å²) in [5.74, 6) is 0.0000930. The molecule has 16 heavy (non-hydrogen) atoms. The number of rotatable bonds is 2. The Morgan fingerprint density at radius 2 is 2.00 bits per heavy atom. The van der Waals surface area contributed by atoms with Crippen molar-refractivity contribution < 1.29 is 4.39 Å². The van der Waals surface area contributed by atoms with Gasteiger partial charge >= 0.3 is 0 Å². The van der Waals surface area contributed by atoms with Crippen LogP contribution in [0, 0.1) is 5.82 Å². The van der Waals surface area contributed by atoms with Crippen LogP contribution in [0.5, 0.6) is 0 Å². The van der Waals surface area contributed by atoms with Crippen molar-refractivity contribution in [1.29, 1.82) is 0 Å². The largest absolute Gasteiger partial charge is 0.254 e. The van der Waals surface area contributed by atoms with E-state index in [0.717, 1.165) is 5.56 Å². The number of pyridine rings is 1. The van der Waals surface area contributed by atoms with E-state index < -0.39 is 0 Å². The topological polar surface area (TPSA) is 12.9 Å². The second-order valence-electron chi connectivity index (χ2n) is 3.29. The molecule has 0 saturated heterocycles. The summed E-state index contributed by atoms with van der Waals surface area (Å²) in [5, 5.41) is 0.406. The first-order valence-electron chi connectivity index (χ1n) is 4.67. The predicted octanol–water partition coefficient (Wildman–Crippen LogP) is 4.28. The molecule has 1 aromatic heterocycles. The molecule has 0 aliphatic rings. The van der Waals surface area contributed by atoms with E-state index in [4.69, 9.17) is 23.2 Å². The summed E-state index contributed by atoms with van der Waals surface area (Å²) >= 11 is 11.7. The fourth-order valence-corrected chi connectivity index (χ4v) is 1.84. The first-order chi connectivity index (χ1) is 7.72. The van der Waals surface area contributed by atoms with Crippen LogP contribution < -0.4 is 0 Å². The molecule has 2 aromatic rings. The summed E-state index contributed by atoms with van der Waals surface area (Å²) in [4.78, 5) is 4.12. The Bertz CT molecular complexity index is 514. The van der Waals surface area contributed by atoms with E-state index in [0.29, 0.717) is 22.2 Å². The molecule has 0 aliphatic carbocycles. The molecule has 0 spiro atoms. The molecule has 82 valence electrons. The van der Waals surface area contributed by atoms with Gasteiger partial charge in [0.25, 0.3) is 0 Å². The Balaban J connectivity index is 2.53. The Kier molecular flexibility index (Phi) is 3.42. The van der Waals surface area contributed by atoms with Crippen LogP contribution in [0.1, 0.15) is 5.56 Å². The van der Waals surface area contributed by atoms with E-state index in [1.807, 2.05) is 0 Å². The van der Waals surface area contributed by atoms with Gasteiger partial charge in [0.2, 0.25) is 0 Å². The third-order valence-corrected chi connectivity index (χ3v) is 2.78. The Morgan fingerprint density at radius 1 is 1.25 bits per heavy atom. The Morgan fingerprint density at radius 3 is 2.62 bits per heavy atom. The molecule has 0 fully saturated rings. The van der Waals surface area contributed by atoms with E-state index in [9.17, 15) is 4.39 Å². The normalized spacial score (nSPS) is 10.4. The number of nitrogens with zero attached hydrogens (tertiary/aromatic N) is 1. The first-order valence-corrected chi connectivity index (χ1v) is 5.59. The lowest BCUT2D eigenvalue weighted by molar-refractivity contribution is 0.630. The van der Waals surface area contributed by atoms with E-state index >= 15 is 0 Å². The molecule has 1 nitrogen and oxygen atoms in total. The maximum atomic E-state index is 13.5. The second-order valence-corrected chi connectivity index (χ2v) is 3.96. The Hall–Kier alpha value is -1.12. The van der Waals surface area contributed by atoms with Crippen LogP contribution >= 0.6 is 23.2 Å². The molecule has 0 aliphatic heterocycles. The zero-order valence-electron chi connectivity index (χ0n) is 8.25. The highest BCUT2D eigenvalue weighted by Gasteiger charge is 2.10. The zero-order valence-corrected chi connectivity index (χ0v) is 9.76. The van der Waals surface area contributed by atoms with Gasteiger partial charge in [0, 0.05) is 17.6 Å². The molecule has 0 unspecified atom stereocenters. The van der Waals surface area contributed by atoms with Gasteiger partial charge in [0.05, 0.1) is 10.7 Å². The van der Waals surface area contributed by atoms with Crippen molar-refractivity contribution in [2.75, 3.05) is 0 Å². The fraction of sp³-hybridized carbons (Fsp3) is 0.0833. The smallest absolute Gasteiger partial charge is 0.132 e. The standard InChI is InChI=1S/C12H8Cl2FN/c13-6-8-5-10(14)12(16-7-8)9-3-1-2-4-11(9)15/h1-5,7H,6H2. The number of hydrogen-bond donors (Lipinski definition) is 0. The summed E-state index contributed by atoms with van der Waals surface area (Å²) in [6.07, 6.45) is 1.60. The van der Waals surface area contributed by atoms with Gasteiger partial charge < -0.3 is 0 Å². The van der Waals surface area contributed by atoms with Crippen molar-refractivity contribution in [2.45, 2.75) is 5.88 Å². The van der Waals surface area contributed by atoms with Crippen LogP contribution in [0.25, 0.3) is 11.3 Å². The molecule has 0 bridgehead atoms. The first kappa shape index (κ1) is 11.4. The van der Waals surface area contributed by atoms with Crippen LogP contribution in [0.3, 0.4) is 0 Å². The van der Waals surface area contributed by atoms with Crippen molar-refractivity contribution in [3.8, 4) is 11.3 Å².